The van der Waals surface area contributed by atoms with E-state index in [1.165, 1.54) is 0 Å². The molecule has 0 radical (unpaired) electrons. The van der Waals surface area contributed by atoms with Crippen LogP contribution in [0.1, 0.15) is 75.8 Å². The van der Waals surface area contributed by atoms with Gasteiger partial charge in [-0.2, -0.15) is 0 Å². The lowest BCUT2D eigenvalue weighted by Crippen LogP contribution is -2.42. The highest BCUT2D eigenvalue weighted by atomic mass is 16.2. The van der Waals surface area contributed by atoms with Crippen LogP contribution in [0.4, 0.5) is 5.69 Å². The molecule has 3 N–H and O–H groups in total. The summed E-state index contributed by atoms with van der Waals surface area (Å²) in [5.74, 6) is -0.284. The first-order chi connectivity index (χ1) is 19.1. The number of aromatic nitrogens is 2. The number of aldehydes is 1. The molecule has 210 valence electrons. The van der Waals surface area contributed by atoms with E-state index < -0.39 is 0 Å². The monoisotopic (exact) mass is 543 g/mol. The van der Waals surface area contributed by atoms with E-state index in [4.69, 9.17) is 0 Å². The van der Waals surface area contributed by atoms with Crippen LogP contribution in [0.2, 0.25) is 0 Å². The van der Waals surface area contributed by atoms with Crippen molar-refractivity contribution >= 4 is 23.8 Å². The zero-order valence-corrected chi connectivity index (χ0v) is 23.8. The van der Waals surface area contributed by atoms with Gasteiger partial charge in [-0.15, -0.1) is 0 Å². The molecule has 2 heterocycles. The van der Waals surface area contributed by atoms with E-state index in [0.29, 0.717) is 23.1 Å². The fourth-order valence-electron chi connectivity index (χ4n) is 5.57. The molecule has 0 unspecified atom stereocenters. The van der Waals surface area contributed by atoms with Gasteiger partial charge in [0.2, 0.25) is 5.91 Å². The fourth-order valence-corrected chi connectivity index (χ4v) is 5.57. The third-order valence-electron chi connectivity index (χ3n) is 7.82. The number of carbonyl (C=O) groups excluding carboxylic acids is 3. The second kappa shape index (κ2) is 12.3. The van der Waals surface area contributed by atoms with Crippen LogP contribution in [0.15, 0.2) is 41.3 Å². The summed E-state index contributed by atoms with van der Waals surface area (Å²) < 4.78 is 0. The van der Waals surface area contributed by atoms with Crippen molar-refractivity contribution in [1.29, 1.82) is 0 Å². The molecule has 3 aromatic rings. The smallest absolute Gasteiger partial charge is 0.253 e. The Morgan fingerprint density at radius 1 is 1.07 bits per heavy atom. The Kier molecular flexibility index (Phi) is 8.82. The van der Waals surface area contributed by atoms with Crippen LogP contribution >= 0.6 is 0 Å². The van der Waals surface area contributed by atoms with E-state index in [-0.39, 0.29) is 36.0 Å². The number of carbonyl (C=O) groups is 3. The van der Waals surface area contributed by atoms with Crippen LogP contribution in [0.3, 0.4) is 0 Å². The minimum atomic E-state index is -0.278. The molecular weight excluding hydrogens is 506 g/mol. The van der Waals surface area contributed by atoms with Gasteiger partial charge in [0.15, 0.2) is 6.29 Å². The quantitative estimate of drug-likeness (QED) is 0.369. The molecule has 2 amide bonds. The van der Waals surface area contributed by atoms with E-state index in [1.807, 2.05) is 46.0 Å². The largest absolute Gasteiger partial charge is 0.371 e. The van der Waals surface area contributed by atoms with Crippen molar-refractivity contribution < 1.29 is 14.4 Å². The number of hydrogen-bond acceptors (Lipinski definition) is 6. The van der Waals surface area contributed by atoms with Crippen molar-refractivity contribution in [3.8, 4) is 11.1 Å². The maximum Gasteiger partial charge on any atom is 0.253 e. The van der Waals surface area contributed by atoms with Gasteiger partial charge in [-0.3, -0.25) is 24.2 Å². The molecule has 0 saturated heterocycles. The Balaban J connectivity index is 1.66. The van der Waals surface area contributed by atoms with Crippen molar-refractivity contribution in [2.45, 2.75) is 72.0 Å². The molecule has 9 nitrogen and oxygen atoms in total. The number of hydrogen-bond donors (Lipinski definition) is 3. The highest BCUT2D eigenvalue weighted by Gasteiger charge is 2.27. The van der Waals surface area contributed by atoms with Crippen LogP contribution in [0, 0.1) is 20.8 Å². The summed E-state index contributed by atoms with van der Waals surface area (Å²) in [5.41, 5.74) is 6.10. The van der Waals surface area contributed by atoms with E-state index in [0.717, 1.165) is 59.3 Å². The molecule has 1 saturated carbocycles. The first-order valence-electron chi connectivity index (χ1n) is 13.6. The van der Waals surface area contributed by atoms with Crippen molar-refractivity contribution in [2.24, 2.45) is 0 Å². The first kappa shape index (κ1) is 28.7. The van der Waals surface area contributed by atoms with Crippen LogP contribution in [-0.2, 0) is 11.3 Å². The average molecular weight is 544 g/mol. The van der Waals surface area contributed by atoms with Gasteiger partial charge in [-0.25, -0.2) is 0 Å². The number of benzene rings is 1. The van der Waals surface area contributed by atoms with Gasteiger partial charge in [0.05, 0.1) is 0 Å². The number of nitrogens with zero attached hydrogens (tertiary/aromatic N) is 2. The third kappa shape index (κ3) is 6.47. The van der Waals surface area contributed by atoms with Crippen LogP contribution in [0.5, 0.6) is 0 Å². The summed E-state index contributed by atoms with van der Waals surface area (Å²) in [6.45, 7) is 7.28. The van der Waals surface area contributed by atoms with Crippen molar-refractivity contribution in [1.82, 2.24) is 20.6 Å². The van der Waals surface area contributed by atoms with Gasteiger partial charge in [0.25, 0.3) is 11.5 Å². The average Bonchev–Trinajstić information content (AvgIpc) is 2.92. The number of aryl methyl sites for hydroxylation is 2. The summed E-state index contributed by atoms with van der Waals surface area (Å²) >= 11 is 0. The number of H-pyrrole nitrogens is 1. The summed E-state index contributed by atoms with van der Waals surface area (Å²) in [6.07, 6.45) is 5.94. The van der Waals surface area contributed by atoms with Gasteiger partial charge in [-0.05, 0) is 87.4 Å². The molecule has 1 aliphatic rings. The summed E-state index contributed by atoms with van der Waals surface area (Å²) in [5, 5.41) is 5.97. The second-order valence-electron chi connectivity index (χ2n) is 10.7. The molecule has 40 heavy (non-hydrogen) atoms. The number of anilines is 1. The Labute approximate surface area is 234 Å². The number of nitrogens with one attached hydrogen (secondary N) is 3. The molecule has 2 aromatic heterocycles. The van der Waals surface area contributed by atoms with Crippen molar-refractivity contribution in [3.63, 3.8) is 0 Å². The Hall–Kier alpha value is -4.27. The molecule has 0 aliphatic heterocycles. The van der Waals surface area contributed by atoms with Crippen LogP contribution in [0.25, 0.3) is 11.1 Å². The summed E-state index contributed by atoms with van der Waals surface area (Å²) in [4.78, 5) is 57.9. The minimum Gasteiger partial charge on any atom is -0.371 e. The van der Waals surface area contributed by atoms with Gasteiger partial charge in [0.1, 0.15) is 5.69 Å². The molecule has 4 rings (SSSR count). The highest BCUT2D eigenvalue weighted by molar-refractivity contribution is 5.99. The lowest BCUT2D eigenvalue weighted by molar-refractivity contribution is -0.119. The number of amides is 2. The van der Waals surface area contributed by atoms with Crippen molar-refractivity contribution in [3.05, 3.63) is 80.5 Å². The predicted octanol–water partition coefficient (Wildman–Crippen LogP) is 3.99. The molecule has 0 bridgehead atoms. The zero-order chi connectivity index (χ0) is 29.0. The predicted molar refractivity (Wildman–Crippen MR) is 156 cm³/mol. The third-order valence-corrected chi connectivity index (χ3v) is 7.82. The number of pyridine rings is 2. The highest BCUT2D eigenvalue weighted by Crippen LogP contribution is 2.34. The van der Waals surface area contributed by atoms with E-state index in [1.54, 1.807) is 19.2 Å². The van der Waals surface area contributed by atoms with Gasteiger partial charge in [-0.1, -0.05) is 6.07 Å². The first-order valence-corrected chi connectivity index (χ1v) is 13.6. The molecule has 9 heteroatoms. The lowest BCUT2D eigenvalue weighted by atomic mass is 9.89. The zero-order valence-electron chi connectivity index (χ0n) is 23.8. The Morgan fingerprint density at radius 2 is 1.80 bits per heavy atom. The normalized spacial score (nSPS) is 16.7. The van der Waals surface area contributed by atoms with E-state index in [2.05, 4.69) is 31.6 Å². The van der Waals surface area contributed by atoms with Gasteiger partial charge >= 0.3 is 0 Å². The molecular formula is C31H37N5O4. The SMILES string of the molecule is CC(=O)N[C@H]1CC[C@@H](N(C)c2cc(-c3ccc(C=O)nc3)cc(C(=O)NCc3c(C)cc(C)[nH]c3=O)c2C)CC1. The van der Waals surface area contributed by atoms with Crippen LogP contribution in [-0.4, -0.2) is 47.2 Å². The molecule has 0 atom stereocenters. The second-order valence-corrected chi connectivity index (χ2v) is 10.7. The molecule has 1 aliphatic carbocycles. The summed E-state index contributed by atoms with van der Waals surface area (Å²) in [7, 11) is 2.04. The van der Waals surface area contributed by atoms with Gasteiger partial charge < -0.3 is 20.5 Å². The molecule has 1 aromatic carbocycles. The van der Waals surface area contributed by atoms with Gasteiger partial charge in [0, 0.05) is 66.9 Å². The standard InChI is InChI=1S/C31H37N5O4/c1-18-12-19(2)34-31(40)28(18)16-33-30(39)27-13-23(22-6-7-25(17-37)32-15-22)14-29(20(27)3)36(5)26-10-8-24(9-11-26)35-21(4)38/h6-7,12-15,17,24,26H,8-11,16H2,1-5H3,(H,33,39)(H,34,40)(H,35,38)/t24-,26+. The number of rotatable bonds is 8. The fraction of sp³-hybridized carbons (Fsp3) is 0.387. The van der Waals surface area contributed by atoms with Crippen molar-refractivity contribution in [2.75, 3.05) is 11.9 Å². The minimum absolute atomic E-state index is 0.00645. The Morgan fingerprint density at radius 3 is 2.40 bits per heavy atom. The topological polar surface area (TPSA) is 124 Å². The lowest BCUT2D eigenvalue weighted by Gasteiger charge is -2.37. The molecule has 1 fully saturated rings. The maximum atomic E-state index is 13.6. The molecule has 0 spiro atoms. The van der Waals surface area contributed by atoms with Crippen LogP contribution < -0.4 is 21.1 Å². The summed E-state index contributed by atoms with van der Waals surface area (Å²) in [6, 6.07) is 9.68. The number of aromatic amines is 1. The van der Waals surface area contributed by atoms with E-state index in [9.17, 15) is 19.2 Å². The Bertz CT molecular complexity index is 1470. The van der Waals surface area contributed by atoms with E-state index >= 15 is 0 Å². The maximum absolute atomic E-state index is 13.6.